The lowest BCUT2D eigenvalue weighted by Crippen LogP contribution is -2.24. The zero-order chi connectivity index (χ0) is 13.8. The van der Waals surface area contributed by atoms with Crippen LogP contribution in [0.1, 0.15) is 5.82 Å². The van der Waals surface area contributed by atoms with Crippen LogP contribution in [0.25, 0.3) is 0 Å². The first kappa shape index (κ1) is 12.7. The fourth-order valence-corrected chi connectivity index (χ4v) is 1.38. The molecule has 0 unspecified atom stereocenters. The van der Waals surface area contributed by atoms with E-state index >= 15 is 0 Å². The van der Waals surface area contributed by atoms with Crippen LogP contribution in [0.3, 0.4) is 0 Å². The average Bonchev–Trinajstić information content (AvgIpc) is 2.77. The Labute approximate surface area is 107 Å². The van der Waals surface area contributed by atoms with Gasteiger partial charge in [0.15, 0.2) is 6.61 Å². The smallest absolute Gasteiger partial charge is 0.326 e. The third kappa shape index (κ3) is 3.37. The summed E-state index contributed by atoms with van der Waals surface area (Å²) in [5.74, 6) is -0.295. The molecule has 0 saturated heterocycles. The van der Waals surface area contributed by atoms with Gasteiger partial charge in [-0.25, -0.2) is 0 Å². The highest BCUT2D eigenvalue weighted by Gasteiger charge is 2.08. The van der Waals surface area contributed by atoms with Gasteiger partial charge >= 0.3 is 5.97 Å². The topological polar surface area (TPSA) is 118 Å². The third-order valence-corrected chi connectivity index (χ3v) is 2.22. The molecule has 0 aliphatic carbocycles. The lowest BCUT2D eigenvalue weighted by Gasteiger charge is -2.05. The van der Waals surface area contributed by atoms with Crippen molar-refractivity contribution in [2.45, 2.75) is 13.2 Å². The van der Waals surface area contributed by atoms with E-state index in [0.717, 1.165) is 0 Å². The van der Waals surface area contributed by atoms with Crippen molar-refractivity contribution in [2.75, 3.05) is 5.73 Å². The van der Waals surface area contributed by atoms with Crippen LogP contribution in [-0.2, 0) is 29.7 Å². The van der Waals surface area contributed by atoms with Crippen molar-refractivity contribution in [1.29, 1.82) is 0 Å². The molecule has 0 spiro atoms. The number of nitrogens with zero attached hydrogens (tertiary/aromatic N) is 5. The fourth-order valence-electron chi connectivity index (χ4n) is 1.38. The molecule has 2 aromatic heterocycles. The highest BCUT2D eigenvalue weighted by Crippen LogP contribution is 1.97. The van der Waals surface area contributed by atoms with E-state index in [1.165, 1.54) is 27.7 Å². The maximum atomic E-state index is 11.6. The Morgan fingerprint density at radius 2 is 2.26 bits per heavy atom. The van der Waals surface area contributed by atoms with Gasteiger partial charge in [-0.1, -0.05) is 0 Å². The predicted octanol–water partition coefficient (Wildman–Crippen LogP) is -1.30. The summed E-state index contributed by atoms with van der Waals surface area (Å²) in [6.45, 7) is -0.312. The van der Waals surface area contributed by atoms with E-state index in [0.29, 0.717) is 5.69 Å². The van der Waals surface area contributed by atoms with Gasteiger partial charge in [0.05, 0.1) is 7.05 Å². The monoisotopic (exact) mass is 264 g/mol. The first-order chi connectivity index (χ1) is 9.04. The van der Waals surface area contributed by atoms with E-state index in [-0.39, 0.29) is 24.5 Å². The first-order valence-corrected chi connectivity index (χ1v) is 5.39. The van der Waals surface area contributed by atoms with Gasteiger partial charge in [-0.2, -0.15) is 4.80 Å². The largest absolute Gasteiger partial charge is 0.456 e. The Hall–Kier alpha value is -2.71. The van der Waals surface area contributed by atoms with Gasteiger partial charge in [0, 0.05) is 18.0 Å². The number of anilines is 1. The lowest BCUT2D eigenvalue weighted by molar-refractivity contribution is -0.146. The summed E-state index contributed by atoms with van der Waals surface area (Å²) >= 11 is 0. The second kappa shape index (κ2) is 5.29. The van der Waals surface area contributed by atoms with Crippen molar-refractivity contribution in [3.8, 4) is 0 Å². The summed E-state index contributed by atoms with van der Waals surface area (Å²) in [4.78, 5) is 24.3. The number of nitrogen functional groups attached to an aromatic ring is 1. The summed E-state index contributed by atoms with van der Waals surface area (Å²) in [5.41, 5.74) is 5.59. The molecule has 0 aliphatic heterocycles. The van der Waals surface area contributed by atoms with Crippen LogP contribution >= 0.6 is 0 Å². The molecule has 0 amide bonds. The Morgan fingerprint density at radius 3 is 2.95 bits per heavy atom. The van der Waals surface area contributed by atoms with Crippen LogP contribution in [0.15, 0.2) is 23.1 Å². The zero-order valence-corrected chi connectivity index (χ0v) is 10.2. The van der Waals surface area contributed by atoms with Gasteiger partial charge in [-0.05, 0) is 11.3 Å². The van der Waals surface area contributed by atoms with Gasteiger partial charge in [-0.15, -0.1) is 10.2 Å². The summed E-state index contributed by atoms with van der Waals surface area (Å²) in [6, 6.07) is 2.75. The third-order valence-electron chi connectivity index (χ3n) is 2.22. The molecule has 2 rings (SSSR count). The van der Waals surface area contributed by atoms with E-state index < -0.39 is 5.97 Å². The van der Waals surface area contributed by atoms with Crippen molar-refractivity contribution >= 4 is 11.7 Å². The number of aromatic nitrogens is 5. The molecule has 100 valence electrons. The standard InChI is InChI=1S/C10H12N6O3/c1-15-13-8(12-14-15)6-19-10(18)5-16-4-7(11)2-3-9(16)17/h2-4H,5-6,11H2,1H3. The summed E-state index contributed by atoms with van der Waals surface area (Å²) in [7, 11) is 1.60. The number of pyridine rings is 1. The van der Waals surface area contributed by atoms with Crippen molar-refractivity contribution < 1.29 is 9.53 Å². The van der Waals surface area contributed by atoms with Crippen LogP contribution in [0.4, 0.5) is 5.69 Å². The molecule has 2 N–H and O–H groups in total. The van der Waals surface area contributed by atoms with Gasteiger partial charge in [0.25, 0.3) is 5.56 Å². The summed E-state index contributed by atoms with van der Waals surface area (Å²) in [6.07, 6.45) is 1.38. The maximum Gasteiger partial charge on any atom is 0.326 e. The predicted molar refractivity (Wildman–Crippen MR) is 63.7 cm³/mol. The number of tetrazole rings is 1. The molecular weight excluding hydrogens is 252 g/mol. The fraction of sp³-hybridized carbons (Fsp3) is 0.300. The number of hydrogen-bond acceptors (Lipinski definition) is 7. The molecule has 9 nitrogen and oxygen atoms in total. The number of carbonyl (C=O) groups excluding carboxylic acids is 1. The van der Waals surface area contributed by atoms with E-state index in [1.807, 2.05) is 0 Å². The highest BCUT2D eigenvalue weighted by atomic mass is 16.5. The molecule has 0 bridgehead atoms. The van der Waals surface area contributed by atoms with Gasteiger partial charge in [0.1, 0.15) is 6.54 Å². The van der Waals surface area contributed by atoms with Crippen LogP contribution in [-0.4, -0.2) is 30.7 Å². The number of hydrogen-bond donors (Lipinski definition) is 1. The number of nitrogens with two attached hydrogens (primary N) is 1. The minimum absolute atomic E-state index is 0.0935. The SMILES string of the molecule is Cn1nnc(COC(=O)Cn2cc(N)ccc2=O)n1. The molecule has 0 aliphatic rings. The lowest BCUT2D eigenvalue weighted by atomic mass is 10.4. The zero-order valence-electron chi connectivity index (χ0n) is 10.2. The summed E-state index contributed by atoms with van der Waals surface area (Å²) < 4.78 is 6.09. The Balaban J connectivity index is 1.94. The Bertz CT molecular complexity index is 647. The van der Waals surface area contributed by atoms with Crippen molar-refractivity contribution in [1.82, 2.24) is 24.8 Å². The van der Waals surface area contributed by atoms with Gasteiger partial charge in [0.2, 0.25) is 5.82 Å². The van der Waals surface area contributed by atoms with E-state index in [9.17, 15) is 9.59 Å². The van der Waals surface area contributed by atoms with E-state index in [1.54, 1.807) is 7.05 Å². The van der Waals surface area contributed by atoms with Crippen molar-refractivity contribution in [3.63, 3.8) is 0 Å². The van der Waals surface area contributed by atoms with Crippen LogP contribution in [0.2, 0.25) is 0 Å². The van der Waals surface area contributed by atoms with Gasteiger partial charge < -0.3 is 15.0 Å². The normalized spacial score (nSPS) is 10.4. The maximum absolute atomic E-state index is 11.6. The minimum atomic E-state index is -0.583. The van der Waals surface area contributed by atoms with Crippen LogP contribution in [0.5, 0.6) is 0 Å². The molecule has 19 heavy (non-hydrogen) atoms. The van der Waals surface area contributed by atoms with Crippen molar-refractivity contribution in [3.05, 3.63) is 34.5 Å². The molecule has 0 aromatic carbocycles. The molecule has 0 atom stereocenters. The Kier molecular flexibility index (Phi) is 3.55. The van der Waals surface area contributed by atoms with E-state index in [4.69, 9.17) is 10.5 Å². The molecule has 0 saturated carbocycles. The number of rotatable bonds is 4. The first-order valence-electron chi connectivity index (χ1n) is 5.39. The highest BCUT2D eigenvalue weighted by molar-refractivity contribution is 5.69. The van der Waals surface area contributed by atoms with Crippen LogP contribution in [0, 0.1) is 0 Å². The Morgan fingerprint density at radius 1 is 1.47 bits per heavy atom. The second-order valence-corrected chi connectivity index (χ2v) is 3.78. The molecule has 0 fully saturated rings. The molecule has 2 aromatic rings. The quantitative estimate of drug-likeness (QED) is 0.681. The van der Waals surface area contributed by atoms with Crippen molar-refractivity contribution in [2.24, 2.45) is 7.05 Å². The van der Waals surface area contributed by atoms with E-state index in [2.05, 4.69) is 15.4 Å². The molecule has 2 heterocycles. The number of carbonyl (C=O) groups is 1. The number of aryl methyl sites for hydroxylation is 1. The number of esters is 1. The average molecular weight is 264 g/mol. The number of ether oxygens (including phenoxy) is 1. The molecule has 9 heteroatoms. The molecular formula is C10H12N6O3. The summed E-state index contributed by atoms with van der Waals surface area (Å²) in [5, 5.41) is 11.1. The second-order valence-electron chi connectivity index (χ2n) is 3.78. The minimum Gasteiger partial charge on any atom is -0.456 e. The van der Waals surface area contributed by atoms with Crippen LogP contribution < -0.4 is 11.3 Å². The van der Waals surface area contributed by atoms with Gasteiger partial charge in [-0.3, -0.25) is 9.59 Å². The molecule has 0 radical (unpaired) electrons.